The molecule has 0 saturated carbocycles. The lowest BCUT2D eigenvalue weighted by Gasteiger charge is -2.45. The van der Waals surface area contributed by atoms with E-state index in [1.165, 1.54) is 23.7 Å². The Hall–Kier alpha value is -3.06. The second kappa shape index (κ2) is 9.90. The SMILES string of the molecule is CCOC(=O)N1CCC(N2CCC3(CC2)CNc2c(-c4ccc(NC(C)=O)cc4)cccc23)CC1. The van der Waals surface area contributed by atoms with E-state index in [1.807, 2.05) is 24.0 Å². The monoisotopic (exact) mass is 476 g/mol. The molecular weight excluding hydrogens is 440 g/mol. The van der Waals surface area contributed by atoms with Gasteiger partial charge in [-0.3, -0.25) is 4.79 Å². The Bertz CT molecular complexity index is 1070. The molecule has 1 spiro atoms. The lowest BCUT2D eigenvalue weighted by atomic mass is 9.73. The number of piperidine rings is 2. The number of likely N-dealkylation sites (tertiary alicyclic amines) is 2. The van der Waals surface area contributed by atoms with Crippen molar-refractivity contribution in [1.29, 1.82) is 0 Å². The number of carbonyl (C=O) groups excluding carboxylic acids is 2. The number of nitrogens with one attached hydrogen (secondary N) is 2. The van der Waals surface area contributed by atoms with Crippen LogP contribution in [0.25, 0.3) is 11.1 Å². The highest BCUT2D eigenvalue weighted by Crippen LogP contribution is 2.48. The number of para-hydroxylation sites is 1. The summed E-state index contributed by atoms with van der Waals surface area (Å²) in [5.41, 5.74) is 6.09. The van der Waals surface area contributed by atoms with Gasteiger partial charge in [-0.2, -0.15) is 0 Å². The summed E-state index contributed by atoms with van der Waals surface area (Å²) < 4.78 is 5.17. The van der Waals surface area contributed by atoms with Gasteiger partial charge in [-0.15, -0.1) is 0 Å². The minimum Gasteiger partial charge on any atom is -0.450 e. The molecule has 3 aliphatic rings. The zero-order valence-corrected chi connectivity index (χ0v) is 20.8. The Morgan fingerprint density at radius 1 is 1.06 bits per heavy atom. The number of ether oxygens (including phenoxy) is 1. The van der Waals surface area contributed by atoms with Gasteiger partial charge in [0.25, 0.3) is 0 Å². The molecule has 0 atom stereocenters. The van der Waals surface area contributed by atoms with E-state index in [0.29, 0.717) is 12.6 Å². The molecule has 2 N–H and O–H groups in total. The van der Waals surface area contributed by atoms with Crippen molar-refractivity contribution in [2.24, 2.45) is 0 Å². The van der Waals surface area contributed by atoms with E-state index < -0.39 is 0 Å². The highest BCUT2D eigenvalue weighted by molar-refractivity contribution is 5.89. The minimum atomic E-state index is -0.169. The van der Waals surface area contributed by atoms with Crippen molar-refractivity contribution >= 4 is 23.4 Å². The first-order chi connectivity index (χ1) is 17.0. The Morgan fingerprint density at radius 2 is 1.77 bits per heavy atom. The molecular formula is C28H36N4O3. The Labute approximate surface area is 207 Å². The number of hydrogen-bond donors (Lipinski definition) is 2. The maximum absolute atomic E-state index is 12.0. The lowest BCUT2D eigenvalue weighted by Crippen LogP contribution is -2.51. The largest absolute Gasteiger partial charge is 0.450 e. The summed E-state index contributed by atoms with van der Waals surface area (Å²) in [4.78, 5) is 27.9. The van der Waals surface area contributed by atoms with Gasteiger partial charge in [-0.05, 0) is 69.0 Å². The van der Waals surface area contributed by atoms with Crippen LogP contribution in [-0.2, 0) is 14.9 Å². The molecule has 2 aromatic rings. The predicted octanol–water partition coefficient (Wildman–Crippen LogP) is 4.69. The lowest BCUT2D eigenvalue weighted by molar-refractivity contribution is -0.114. The van der Waals surface area contributed by atoms with Crippen LogP contribution in [0.15, 0.2) is 42.5 Å². The third-order valence-corrected chi connectivity index (χ3v) is 8.02. The minimum absolute atomic E-state index is 0.0575. The molecule has 2 fully saturated rings. The zero-order chi connectivity index (χ0) is 24.4. The average molecular weight is 477 g/mol. The molecule has 3 heterocycles. The van der Waals surface area contributed by atoms with Crippen LogP contribution >= 0.6 is 0 Å². The van der Waals surface area contributed by atoms with Gasteiger partial charge in [0, 0.05) is 55.0 Å². The van der Waals surface area contributed by atoms with Gasteiger partial charge >= 0.3 is 6.09 Å². The third kappa shape index (κ3) is 4.74. The number of benzene rings is 2. The van der Waals surface area contributed by atoms with E-state index in [2.05, 4.69) is 45.9 Å². The van der Waals surface area contributed by atoms with Crippen LogP contribution in [0.3, 0.4) is 0 Å². The van der Waals surface area contributed by atoms with Gasteiger partial charge in [0.05, 0.1) is 6.61 Å². The second-order valence-electron chi connectivity index (χ2n) is 10.1. The fourth-order valence-electron chi connectivity index (χ4n) is 6.11. The van der Waals surface area contributed by atoms with E-state index >= 15 is 0 Å². The van der Waals surface area contributed by atoms with Crippen molar-refractivity contribution in [2.45, 2.75) is 51.0 Å². The first kappa shape index (κ1) is 23.7. The van der Waals surface area contributed by atoms with E-state index in [-0.39, 0.29) is 17.4 Å². The molecule has 0 aromatic heterocycles. The van der Waals surface area contributed by atoms with Crippen molar-refractivity contribution in [3.63, 3.8) is 0 Å². The average Bonchev–Trinajstić information content (AvgIpc) is 3.23. The summed E-state index contributed by atoms with van der Waals surface area (Å²) in [7, 11) is 0. The van der Waals surface area contributed by atoms with E-state index in [4.69, 9.17) is 4.74 Å². The van der Waals surface area contributed by atoms with Crippen LogP contribution in [0, 0.1) is 0 Å². The second-order valence-corrected chi connectivity index (χ2v) is 10.1. The molecule has 5 rings (SSSR count). The van der Waals surface area contributed by atoms with Crippen LogP contribution < -0.4 is 10.6 Å². The van der Waals surface area contributed by atoms with Gasteiger partial charge < -0.3 is 25.2 Å². The molecule has 35 heavy (non-hydrogen) atoms. The van der Waals surface area contributed by atoms with Crippen molar-refractivity contribution in [3.05, 3.63) is 48.0 Å². The van der Waals surface area contributed by atoms with E-state index in [0.717, 1.165) is 69.7 Å². The number of fused-ring (bicyclic) bond motifs is 2. The summed E-state index contributed by atoms with van der Waals surface area (Å²) >= 11 is 0. The maximum Gasteiger partial charge on any atom is 0.409 e. The zero-order valence-electron chi connectivity index (χ0n) is 20.8. The Morgan fingerprint density at radius 3 is 2.43 bits per heavy atom. The smallest absolute Gasteiger partial charge is 0.409 e. The van der Waals surface area contributed by atoms with E-state index in [9.17, 15) is 9.59 Å². The van der Waals surface area contributed by atoms with Crippen LogP contribution in [0.5, 0.6) is 0 Å². The van der Waals surface area contributed by atoms with Crippen LogP contribution in [-0.4, -0.2) is 67.2 Å². The first-order valence-corrected chi connectivity index (χ1v) is 12.9. The van der Waals surface area contributed by atoms with Crippen LogP contribution in [0.4, 0.5) is 16.2 Å². The van der Waals surface area contributed by atoms with Gasteiger partial charge in [-0.1, -0.05) is 30.3 Å². The number of anilines is 2. The van der Waals surface area contributed by atoms with Gasteiger partial charge in [0.1, 0.15) is 0 Å². The molecule has 0 aliphatic carbocycles. The number of amides is 2. The topological polar surface area (TPSA) is 73.9 Å². The fourth-order valence-corrected chi connectivity index (χ4v) is 6.11. The summed E-state index contributed by atoms with van der Waals surface area (Å²) in [6.07, 6.45) is 4.18. The van der Waals surface area contributed by atoms with E-state index in [1.54, 1.807) is 0 Å². The van der Waals surface area contributed by atoms with Crippen LogP contribution in [0.2, 0.25) is 0 Å². The summed E-state index contributed by atoms with van der Waals surface area (Å²) in [5.74, 6) is -0.0575. The first-order valence-electron chi connectivity index (χ1n) is 12.9. The quantitative estimate of drug-likeness (QED) is 0.670. The molecule has 0 unspecified atom stereocenters. The Kier molecular flexibility index (Phi) is 6.69. The molecule has 3 aliphatic heterocycles. The summed E-state index contributed by atoms with van der Waals surface area (Å²) in [6.45, 7) is 8.59. The number of hydrogen-bond acceptors (Lipinski definition) is 5. The molecule has 0 radical (unpaired) electrons. The van der Waals surface area contributed by atoms with Crippen molar-refractivity contribution in [2.75, 3.05) is 50.0 Å². The number of nitrogens with zero attached hydrogens (tertiary/aromatic N) is 2. The van der Waals surface area contributed by atoms with Gasteiger partial charge in [-0.25, -0.2) is 4.79 Å². The number of carbonyl (C=O) groups is 2. The van der Waals surface area contributed by atoms with Crippen LogP contribution in [0.1, 0.15) is 45.1 Å². The van der Waals surface area contributed by atoms with Gasteiger partial charge in [0.2, 0.25) is 5.91 Å². The van der Waals surface area contributed by atoms with Crippen molar-refractivity contribution < 1.29 is 14.3 Å². The summed E-state index contributed by atoms with van der Waals surface area (Å²) in [5, 5.41) is 6.60. The molecule has 2 aromatic carbocycles. The molecule has 186 valence electrons. The fraction of sp³-hybridized carbons (Fsp3) is 0.500. The third-order valence-electron chi connectivity index (χ3n) is 8.02. The highest BCUT2D eigenvalue weighted by Gasteiger charge is 2.43. The number of rotatable bonds is 4. The molecule has 7 nitrogen and oxygen atoms in total. The van der Waals surface area contributed by atoms with Gasteiger partial charge in [0.15, 0.2) is 0 Å². The van der Waals surface area contributed by atoms with Crippen molar-refractivity contribution in [3.8, 4) is 11.1 Å². The molecule has 2 amide bonds. The normalized spacial score (nSPS) is 19.8. The molecule has 7 heteroatoms. The Balaban J connectivity index is 1.25. The predicted molar refractivity (Wildman–Crippen MR) is 139 cm³/mol. The maximum atomic E-state index is 12.0. The summed E-state index contributed by atoms with van der Waals surface area (Å²) in [6, 6.07) is 15.3. The molecule has 0 bridgehead atoms. The van der Waals surface area contributed by atoms with Crippen molar-refractivity contribution in [1.82, 2.24) is 9.80 Å². The standard InChI is InChI=1S/C28H36N4O3/c1-3-35-27(34)32-15-11-23(12-16-32)31-17-13-28(14-18-31)19-29-26-24(5-4-6-25(26)28)21-7-9-22(10-8-21)30-20(2)33/h4-10,23,29H,3,11-19H2,1-2H3,(H,30,33). The molecule has 2 saturated heterocycles. The highest BCUT2D eigenvalue weighted by atomic mass is 16.6.